The van der Waals surface area contributed by atoms with E-state index in [0.29, 0.717) is 10.8 Å². The number of piperidine rings is 2. The van der Waals surface area contributed by atoms with E-state index in [0.717, 1.165) is 11.3 Å². The van der Waals surface area contributed by atoms with Gasteiger partial charge in [-0.1, -0.05) is 20.8 Å². The number of nitrogens with zero attached hydrogens (tertiary/aromatic N) is 4. The molecule has 0 aliphatic carbocycles. The topological polar surface area (TPSA) is 32.3 Å². The quantitative estimate of drug-likeness (QED) is 0.569. The van der Waals surface area contributed by atoms with Gasteiger partial charge in [0.2, 0.25) is 0 Å². The summed E-state index contributed by atoms with van der Waals surface area (Å²) in [6.45, 7) is 13.3. The highest BCUT2D eigenvalue weighted by Crippen LogP contribution is 2.43. The van der Waals surface area contributed by atoms with Gasteiger partial charge in [0.15, 0.2) is 0 Å². The van der Waals surface area contributed by atoms with Crippen LogP contribution in [0, 0.1) is 10.8 Å². The van der Waals surface area contributed by atoms with Gasteiger partial charge in [-0.05, 0) is 98.8 Å². The van der Waals surface area contributed by atoms with Gasteiger partial charge in [0.25, 0.3) is 0 Å². The summed E-state index contributed by atoms with van der Waals surface area (Å²) < 4.78 is 2.54. The standard InChI is InChI=1S/C25H36N4S/c1-24(2,3)8-15-28-16-9-25(10-17-28)11-18-29(19-12-25)30-22-4-5-23(27-20-22)21-6-13-26-14-7-21/h4-7,13-14,20H,8-12,15-19H2,1-3H3. The van der Waals surface area contributed by atoms with Gasteiger partial charge in [-0.15, -0.1) is 0 Å². The molecule has 0 bridgehead atoms. The predicted molar refractivity (Wildman–Crippen MR) is 126 cm³/mol. The van der Waals surface area contributed by atoms with Gasteiger partial charge in [-0.2, -0.15) is 0 Å². The third kappa shape index (κ3) is 5.83. The van der Waals surface area contributed by atoms with E-state index < -0.39 is 0 Å². The fourth-order valence-electron chi connectivity index (χ4n) is 4.57. The van der Waals surface area contributed by atoms with Crippen molar-refractivity contribution in [3.8, 4) is 11.3 Å². The van der Waals surface area contributed by atoms with Crippen LogP contribution in [0.1, 0.15) is 52.9 Å². The molecule has 30 heavy (non-hydrogen) atoms. The molecule has 162 valence electrons. The Morgan fingerprint density at radius 1 is 0.933 bits per heavy atom. The van der Waals surface area contributed by atoms with Gasteiger partial charge in [-0.3, -0.25) is 9.97 Å². The molecule has 0 atom stereocenters. The Labute approximate surface area is 186 Å². The summed E-state index contributed by atoms with van der Waals surface area (Å²) >= 11 is 1.88. The van der Waals surface area contributed by atoms with Crippen LogP contribution in [-0.2, 0) is 0 Å². The van der Waals surface area contributed by atoms with Crippen molar-refractivity contribution < 1.29 is 0 Å². The number of likely N-dealkylation sites (tertiary alicyclic amines) is 1. The Hall–Kier alpha value is -1.43. The van der Waals surface area contributed by atoms with E-state index in [4.69, 9.17) is 0 Å². The van der Waals surface area contributed by atoms with E-state index in [2.05, 4.69) is 52.1 Å². The summed E-state index contributed by atoms with van der Waals surface area (Å²) in [6, 6.07) is 8.34. The van der Waals surface area contributed by atoms with Gasteiger partial charge in [0, 0.05) is 42.1 Å². The van der Waals surface area contributed by atoms with Crippen molar-refractivity contribution in [1.82, 2.24) is 19.2 Å². The molecule has 2 aromatic heterocycles. The first-order chi connectivity index (χ1) is 14.4. The lowest BCUT2D eigenvalue weighted by Gasteiger charge is -2.46. The molecule has 2 aromatic rings. The zero-order chi connectivity index (χ0) is 21.0. The van der Waals surface area contributed by atoms with Crippen molar-refractivity contribution in [1.29, 1.82) is 0 Å². The third-order valence-electron chi connectivity index (χ3n) is 6.82. The van der Waals surface area contributed by atoms with E-state index in [1.165, 1.54) is 69.7 Å². The maximum atomic E-state index is 4.66. The molecule has 1 spiro atoms. The fraction of sp³-hybridized carbons (Fsp3) is 0.600. The lowest BCUT2D eigenvalue weighted by atomic mass is 9.71. The van der Waals surface area contributed by atoms with Crippen LogP contribution in [0.2, 0.25) is 0 Å². The van der Waals surface area contributed by atoms with Crippen molar-refractivity contribution in [2.45, 2.75) is 57.8 Å². The molecule has 4 nitrogen and oxygen atoms in total. The van der Waals surface area contributed by atoms with Gasteiger partial charge < -0.3 is 4.90 Å². The van der Waals surface area contributed by atoms with Crippen molar-refractivity contribution in [3.05, 3.63) is 42.9 Å². The lowest BCUT2D eigenvalue weighted by Crippen LogP contribution is -2.45. The monoisotopic (exact) mass is 424 g/mol. The van der Waals surface area contributed by atoms with Gasteiger partial charge >= 0.3 is 0 Å². The molecule has 2 fully saturated rings. The number of hydrogen-bond donors (Lipinski definition) is 0. The van der Waals surface area contributed by atoms with Crippen LogP contribution in [0.4, 0.5) is 0 Å². The Kier molecular flexibility index (Phi) is 6.81. The summed E-state index contributed by atoms with van der Waals surface area (Å²) in [5.74, 6) is 0. The molecule has 0 unspecified atom stereocenters. The molecular weight excluding hydrogens is 388 g/mol. The second kappa shape index (κ2) is 9.37. The number of hydrogen-bond acceptors (Lipinski definition) is 5. The highest BCUT2D eigenvalue weighted by molar-refractivity contribution is 7.97. The number of pyridine rings is 2. The summed E-state index contributed by atoms with van der Waals surface area (Å²) in [4.78, 5) is 12.7. The fourth-order valence-corrected chi connectivity index (χ4v) is 5.47. The van der Waals surface area contributed by atoms with E-state index in [9.17, 15) is 0 Å². The second-order valence-electron chi connectivity index (χ2n) is 10.3. The normalized spacial score (nSPS) is 20.5. The molecule has 4 rings (SSSR count). The average molecular weight is 425 g/mol. The highest BCUT2D eigenvalue weighted by Gasteiger charge is 2.37. The molecule has 0 N–H and O–H groups in total. The average Bonchev–Trinajstić information content (AvgIpc) is 2.76. The highest BCUT2D eigenvalue weighted by atomic mass is 32.2. The summed E-state index contributed by atoms with van der Waals surface area (Å²) in [5, 5.41) is 0. The second-order valence-corrected chi connectivity index (χ2v) is 11.5. The van der Waals surface area contributed by atoms with Crippen molar-refractivity contribution in [2.24, 2.45) is 10.8 Å². The minimum absolute atomic E-state index is 0.447. The largest absolute Gasteiger partial charge is 0.303 e. The zero-order valence-corrected chi connectivity index (χ0v) is 19.6. The maximum absolute atomic E-state index is 4.66. The van der Waals surface area contributed by atoms with Crippen LogP contribution in [0.3, 0.4) is 0 Å². The Balaban J connectivity index is 1.23. The molecule has 0 aromatic carbocycles. The number of aromatic nitrogens is 2. The van der Waals surface area contributed by atoms with E-state index in [1.54, 1.807) is 0 Å². The summed E-state index contributed by atoms with van der Waals surface area (Å²) in [6.07, 6.45) is 12.4. The smallest absolute Gasteiger partial charge is 0.0703 e. The molecule has 0 amide bonds. The van der Waals surface area contributed by atoms with Crippen LogP contribution in [0.25, 0.3) is 11.3 Å². The SMILES string of the molecule is CC(C)(C)CCN1CCC2(CC1)CCN(Sc1ccc(-c3ccncc3)nc1)CC2. The van der Waals surface area contributed by atoms with Crippen molar-refractivity contribution >= 4 is 11.9 Å². The molecule has 2 aliphatic rings. The molecule has 2 saturated heterocycles. The first-order valence-electron chi connectivity index (χ1n) is 11.4. The lowest BCUT2D eigenvalue weighted by molar-refractivity contribution is 0.0538. The van der Waals surface area contributed by atoms with E-state index in [-0.39, 0.29) is 0 Å². The van der Waals surface area contributed by atoms with Crippen LogP contribution >= 0.6 is 11.9 Å². The zero-order valence-electron chi connectivity index (χ0n) is 18.8. The van der Waals surface area contributed by atoms with Gasteiger partial charge in [0.1, 0.15) is 0 Å². The minimum atomic E-state index is 0.447. The van der Waals surface area contributed by atoms with Gasteiger partial charge in [-0.25, -0.2) is 4.31 Å². The Morgan fingerprint density at radius 2 is 1.60 bits per heavy atom. The maximum Gasteiger partial charge on any atom is 0.0703 e. The summed E-state index contributed by atoms with van der Waals surface area (Å²) in [5.41, 5.74) is 3.18. The van der Waals surface area contributed by atoms with Crippen LogP contribution in [0.15, 0.2) is 47.8 Å². The van der Waals surface area contributed by atoms with Crippen LogP contribution in [0.5, 0.6) is 0 Å². The molecular formula is C25H36N4S. The predicted octanol–water partition coefficient (Wildman–Crippen LogP) is 5.76. The van der Waals surface area contributed by atoms with E-state index >= 15 is 0 Å². The van der Waals surface area contributed by atoms with Crippen molar-refractivity contribution in [3.63, 3.8) is 0 Å². The molecule has 0 saturated carbocycles. The molecule has 2 aliphatic heterocycles. The Morgan fingerprint density at radius 3 is 2.20 bits per heavy atom. The first-order valence-corrected chi connectivity index (χ1v) is 12.2. The molecule has 0 radical (unpaired) electrons. The van der Waals surface area contributed by atoms with Crippen LogP contribution < -0.4 is 0 Å². The molecule has 5 heteroatoms. The molecule has 4 heterocycles. The first kappa shape index (κ1) is 21.8. The van der Waals surface area contributed by atoms with Gasteiger partial charge in [0.05, 0.1) is 5.69 Å². The van der Waals surface area contributed by atoms with E-state index in [1.807, 2.05) is 42.7 Å². The minimum Gasteiger partial charge on any atom is -0.303 e. The summed E-state index contributed by atoms with van der Waals surface area (Å²) in [7, 11) is 0. The Bertz CT molecular complexity index is 782. The third-order valence-corrected chi connectivity index (χ3v) is 7.90. The van der Waals surface area contributed by atoms with Crippen molar-refractivity contribution in [2.75, 3.05) is 32.7 Å². The number of rotatable bonds is 5. The van der Waals surface area contributed by atoms with Crippen LogP contribution in [-0.4, -0.2) is 51.9 Å².